The summed E-state index contributed by atoms with van der Waals surface area (Å²) in [6.07, 6.45) is 3.98. The van der Waals surface area contributed by atoms with Crippen molar-refractivity contribution < 1.29 is 4.74 Å². The molecule has 1 N–H and O–H groups in total. The summed E-state index contributed by atoms with van der Waals surface area (Å²) in [4.78, 5) is 4.47. The van der Waals surface area contributed by atoms with Crippen LogP contribution in [0.3, 0.4) is 0 Å². The van der Waals surface area contributed by atoms with E-state index in [9.17, 15) is 0 Å². The maximum absolute atomic E-state index is 5.03. The van der Waals surface area contributed by atoms with Crippen LogP contribution in [0.1, 0.15) is 11.4 Å². The Labute approximate surface area is 107 Å². The molecule has 0 aliphatic heterocycles. The third-order valence-electron chi connectivity index (χ3n) is 2.66. The van der Waals surface area contributed by atoms with E-state index in [0.717, 1.165) is 29.6 Å². The van der Waals surface area contributed by atoms with Gasteiger partial charge in [0.05, 0.1) is 23.7 Å². The number of aryl methyl sites for hydroxylation is 3. The van der Waals surface area contributed by atoms with E-state index in [2.05, 4.69) is 15.4 Å². The van der Waals surface area contributed by atoms with Gasteiger partial charge in [0.1, 0.15) is 0 Å². The van der Waals surface area contributed by atoms with Crippen LogP contribution in [-0.4, -0.2) is 39.6 Å². The fourth-order valence-electron chi connectivity index (χ4n) is 1.89. The molecule has 98 valence electrons. The summed E-state index contributed by atoms with van der Waals surface area (Å²) < 4.78 is 8.85. The molecule has 0 saturated carbocycles. The predicted octanol–water partition coefficient (Wildman–Crippen LogP) is 1.28. The molecule has 0 aromatic carbocycles. The minimum absolute atomic E-state index is 0.651. The Morgan fingerprint density at radius 1 is 1.33 bits per heavy atom. The van der Waals surface area contributed by atoms with Crippen LogP contribution in [0.4, 0.5) is 5.95 Å². The highest BCUT2D eigenvalue weighted by Gasteiger charge is 2.11. The summed E-state index contributed by atoms with van der Waals surface area (Å²) in [5.41, 5.74) is 2.99. The number of rotatable bonds is 5. The molecule has 6 nitrogen and oxygen atoms in total. The first-order chi connectivity index (χ1) is 8.61. The summed E-state index contributed by atoms with van der Waals surface area (Å²) in [5, 5.41) is 7.61. The van der Waals surface area contributed by atoms with E-state index >= 15 is 0 Å². The van der Waals surface area contributed by atoms with Gasteiger partial charge in [-0.3, -0.25) is 9.25 Å². The van der Waals surface area contributed by atoms with Crippen molar-refractivity contribution in [2.24, 2.45) is 7.05 Å². The van der Waals surface area contributed by atoms with Crippen LogP contribution in [0.5, 0.6) is 0 Å². The number of nitrogens with zero attached hydrogens (tertiary/aromatic N) is 4. The second-order valence-electron chi connectivity index (χ2n) is 4.27. The molecule has 2 heterocycles. The molecule has 2 aromatic heterocycles. The smallest absolute Gasteiger partial charge is 0.207 e. The molecule has 18 heavy (non-hydrogen) atoms. The van der Waals surface area contributed by atoms with Gasteiger partial charge in [-0.1, -0.05) is 0 Å². The Hall–Kier alpha value is -1.82. The van der Waals surface area contributed by atoms with E-state index in [-0.39, 0.29) is 0 Å². The van der Waals surface area contributed by atoms with Crippen LogP contribution in [-0.2, 0) is 11.8 Å². The Morgan fingerprint density at radius 2 is 2.11 bits per heavy atom. The number of aromatic nitrogens is 4. The monoisotopic (exact) mass is 249 g/mol. The molecule has 0 bridgehead atoms. The van der Waals surface area contributed by atoms with Crippen LogP contribution in [0.2, 0.25) is 0 Å². The molecule has 2 aromatic rings. The van der Waals surface area contributed by atoms with Crippen molar-refractivity contribution in [3.63, 3.8) is 0 Å². The number of anilines is 1. The number of nitrogens with one attached hydrogen (secondary N) is 1. The Morgan fingerprint density at radius 3 is 2.72 bits per heavy atom. The Kier molecular flexibility index (Phi) is 3.66. The van der Waals surface area contributed by atoms with E-state index < -0.39 is 0 Å². The largest absolute Gasteiger partial charge is 0.383 e. The molecule has 0 amide bonds. The summed E-state index contributed by atoms with van der Waals surface area (Å²) in [6, 6.07) is 0. The van der Waals surface area contributed by atoms with Gasteiger partial charge in [0, 0.05) is 33.1 Å². The average molecular weight is 249 g/mol. The standard InChI is InChI=1S/C12H19N5O/c1-9-7-17(11-8-16(3)15-10(11)2)12(14-9)13-5-6-18-4/h7-8H,5-6H2,1-4H3,(H,13,14). The predicted molar refractivity (Wildman–Crippen MR) is 70.2 cm³/mol. The van der Waals surface area contributed by atoms with Crippen molar-refractivity contribution >= 4 is 5.95 Å². The van der Waals surface area contributed by atoms with Crippen molar-refractivity contribution in [3.8, 4) is 5.69 Å². The second-order valence-corrected chi connectivity index (χ2v) is 4.27. The average Bonchev–Trinajstić information content (AvgIpc) is 2.82. The number of hydrogen-bond donors (Lipinski definition) is 1. The maximum atomic E-state index is 5.03. The lowest BCUT2D eigenvalue weighted by Gasteiger charge is -2.08. The van der Waals surface area contributed by atoms with Crippen molar-refractivity contribution in [1.29, 1.82) is 0 Å². The molecule has 0 radical (unpaired) electrons. The first-order valence-electron chi connectivity index (χ1n) is 5.91. The molecular formula is C12H19N5O. The van der Waals surface area contributed by atoms with Gasteiger partial charge in [-0.05, 0) is 13.8 Å². The minimum atomic E-state index is 0.651. The lowest BCUT2D eigenvalue weighted by Crippen LogP contribution is -2.11. The second kappa shape index (κ2) is 5.22. The number of methoxy groups -OCH3 is 1. The zero-order valence-corrected chi connectivity index (χ0v) is 11.3. The van der Waals surface area contributed by atoms with Gasteiger partial charge in [-0.2, -0.15) is 5.10 Å². The zero-order chi connectivity index (χ0) is 13.1. The van der Waals surface area contributed by atoms with Crippen LogP contribution in [0.25, 0.3) is 5.69 Å². The summed E-state index contributed by atoms with van der Waals surface area (Å²) in [7, 11) is 3.60. The Balaban J connectivity index is 2.29. The van der Waals surface area contributed by atoms with Crippen LogP contribution in [0, 0.1) is 13.8 Å². The molecule has 0 aliphatic rings. The summed E-state index contributed by atoms with van der Waals surface area (Å²) in [5.74, 6) is 0.820. The van der Waals surface area contributed by atoms with Gasteiger partial charge in [-0.25, -0.2) is 4.98 Å². The topological polar surface area (TPSA) is 56.9 Å². The van der Waals surface area contributed by atoms with Crippen LogP contribution in [0.15, 0.2) is 12.4 Å². The van der Waals surface area contributed by atoms with E-state index in [1.54, 1.807) is 11.8 Å². The molecule has 0 spiro atoms. The van der Waals surface area contributed by atoms with Gasteiger partial charge < -0.3 is 10.1 Å². The van der Waals surface area contributed by atoms with Crippen LogP contribution < -0.4 is 5.32 Å². The molecule has 0 unspecified atom stereocenters. The summed E-state index contributed by atoms with van der Waals surface area (Å²) in [6.45, 7) is 5.34. The fraction of sp³-hybridized carbons (Fsp3) is 0.500. The van der Waals surface area contributed by atoms with Crippen molar-refractivity contribution in [3.05, 3.63) is 23.8 Å². The van der Waals surface area contributed by atoms with E-state index in [0.29, 0.717) is 6.61 Å². The normalized spacial score (nSPS) is 10.9. The molecule has 2 rings (SSSR count). The molecule has 0 aliphatic carbocycles. The van der Waals surface area contributed by atoms with Gasteiger partial charge in [0.2, 0.25) is 5.95 Å². The lowest BCUT2D eigenvalue weighted by atomic mass is 10.4. The molecule has 0 atom stereocenters. The molecule has 0 saturated heterocycles. The van der Waals surface area contributed by atoms with Gasteiger partial charge in [0.25, 0.3) is 0 Å². The Bertz CT molecular complexity index is 529. The summed E-state index contributed by atoms with van der Waals surface area (Å²) >= 11 is 0. The van der Waals surface area contributed by atoms with Crippen molar-refractivity contribution in [2.45, 2.75) is 13.8 Å². The van der Waals surface area contributed by atoms with Gasteiger partial charge in [0.15, 0.2) is 0 Å². The van der Waals surface area contributed by atoms with E-state index in [1.165, 1.54) is 0 Å². The highest BCUT2D eigenvalue weighted by molar-refractivity contribution is 5.44. The zero-order valence-electron chi connectivity index (χ0n) is 11.3. The SMILES string of the molecule is COCCNc1nc(C)cn1-c1cn(C)nc1C. The highest BCUT2D eigenvalue weighted by Crippen LogP contribution is 2.18. The third kappa shape index (κ3) is 2.53. The van der Waals surface area contributed by atoms with E-state index in [1.807, 2.05) is 37.9 Å². The molecule has 6 heteroatoms. The van der Waals surface area contributed by atoms with E-state index in [4.69, 9.17) is 4.74 Å². The first kappa shape index (κ1) is 12.6. The van der Waals surface area contributed by atoms with Gasteiger partial charge >= 0.3 is 0 Å². The van der Waals surface area contributed by atoms with Crippen LogP contribution >= 0.6 is 0 Å². The maximum Gasteiger partial charge on any atom is 0.207 e. The quantitative estimate of drug-likeness (QED) is 0.811. The minimum Gasteiger partial charge on any atom is -0.383 e. The van der Waals surface area contributed by atoms with Gasteiger partial charge in [-0.15, -0.1) is 0 Å². The van der Waals surface area contributed by atoms with Crippen molar-refractivity contribution in [1.82, 2.24) is 19.3 Å². The number of imidazole rings is 1. The fourth-order valence-corrected chi connectivity index (χ4v) is 1.89. The molecular weight excluding hydrogens is 230 g/mol. The molecule has 0 fully saturated rings. The van der Waals surface area contributed by atoms with Crippen molar-refractivity contribution in [2.75, 3.05) is 25.6 Å². The lowest BCUT2D eigenvalue weighted by molar-refractivity contribution is 0.210. The number of ether oxygens (including phenoxy) is 1. The third-order valence-corrected chi connectivity index (χ3v) is 2.66. The number of hydrogen-bond acceptors (Lipinski definition) is 4. The highest BCUT2D eigenvalue weighted by atomic mass is 16.5. The first-order valence-corrected chi connectivity index (χ1v) is 5.91.